The van der Waals surface area contributed by atoms with Gasteiger partial charge in [0.1, 0.15) is 0 Å². The molecule has 2 atom stereocenters. The van der Waals surface area contributed by atoms with Gasteiger partial charge in [0, 0.05) is 25.7 Å². The van der Waals surface area contributed by atoms with Crippen molar-refractivity contribution in [3.8, 4) is 0 Å². The Morgan fingerprint density at radius 2 is 2.00 bits per heavy atom. The summed E-state index contributed by atoms with van der Waals surface area (Å²) in [6.45, 7) is 2.16. The minimum absolute atomic E-state index is 0.559. The first kappa shape index (κ1) is 11.5. The molecule has 1 aliphatic heterocycles. The largest absolute Gasteiger partial charge is 0.316 e. The van der Waals surface area contributed by atoms with E-state index >= 15 is 0 Å². The van der Waals surface area contributed by atoms with E-state index in [0.717, 1.165) is 13.1 Å². The molecule has 1 N–H and O–H groups in total. The second kappa shape index (κ2) is 4.94. The van der Waals surface area contributed by atoms with Crippen molar-refractivity contribution in [2.24, 2.45) is 7.05 Å². The van der Waals surface area contributed by atoms with Gasteiger partial charge in [0.05, 0.1) is 6.20 Å². The van der Waals surface area contributed by atoms with E-state index in [1.165, 1.54) is 17.5 Å². The number of hydrogen-bond donors (Lipinski definition) is 1. The molecular formula is C15H19N3. The number of hydrogen-bond acceptors (Lipinski definition) is 2. The molecule has 0 amide bonds. The fourth-order valence-electron chi connectivity index (χ4n) is 2.94. The number of piperidine rings is 1. The fraction of sp³-hybridized carbons (Fsp3) is 0.400. The number of aromatic nitrogens is 2. The highest BCUT2D eigenvalue weighted by Gasteiger charge is 2.28. The summed E-state index contributed by atoms with van der Waals surface area (Å²) in [6.07, 6.45) is 5.36. The molecule has 0 spiro atoms. The highest BCUT2D eigenvalue weighted by atomic mass is 15.2. The normalized spacial score (nSPS) is 24.1. The number of aryl methyl sites for hydroxylation is 1. The van der Waals surface area contributed by atoms with Gasteiger partial charge in [-0.1, -0.05) is 30.3 Å². The van der Waals surface area contributed by atoms with Crippen molar-refractivity contribution in [1.82, 2.24) is 15.1 Å². The minimum Gasteiger partial charge on any atom is -0.316 e. The summed E-state index contributed by atoms with van der Waals surface area (Å²) in [6, 6.07) is 10.8. The molecule has 1 fully saturated rings. The Bertz CT molecular complexity index is 503. The van der Waals surface area contributed by atoms with E-state index in [2.05, 4.69) is 46.9 Å². The van der Waals surface area contributed by atoms with Crippen LogP contribution in [0.3, 0.4) is 0 Å². The van der Waals surface area contributed by atoms with Gasteiger partial charge in [-0.3, -0.25) is 4.68 Å². The van der Waals surface area contributed by atoms with Crippen LogP contribution in [0.15, 0.2) is 42.7 Å². The molecule has 2 heterocycles. The van der Waals surface area contributed by atoms with E-state index in [1.54, 1.807) is 0 Å². The second-order valence-electron chi connectivity index (χ2n) is 5.06. The number of rotatable bonds is 2. The molecular weight excluding hydrogens is 222 g/mol. The Hall–Kier alpha value is -1.61. The van der Waals surface area contributed by atoms with Gasteiger partial charge in [0.15, 0.2) is 0 Å². The molecule has 3 nitrogen and oxygen atoms in total. The Morgan fingerprint density at radius 1 is 1.17 bits per heavy atom. The van der Waals surface area contributed by atoms with E-state index in [4.69, 9.17) is 0 Å². The van der Waals surface area contributed by atoms with E-state index in [1.807, 2.05) is 17.9 Å². The van der Waals surface area contributed by atoms with Gasteiger partial charge in [-0.2, -0.15) is 5.10 Å². The lowest BCUT2D eigenvalue weighted by molar-refractivity contribution is 0.404. The fourth-order valence-corrected chi connectivity index (χ4v) is 2.94. The van der Waals surface area contributed by atoms with Crippen LogP contribution in [0.5, 0.6) is 0 Å². The Labute approximate surface area is 108 Å². The summed E-state index contributed by atoms with van der Waals surface area (Å²) in [5.41, 5.74) is 2.80. The highest BCUT2D eigenvalue weighted by molar-refractivity contribution is 5.27. The third kappa shape index (κ3) is 2.18. The lowest BCUT2D eigenvalue weighted by Gasteiger charge is -2.32. The van der Waals surface area contributed by atoms with Crippen LogP contribution in [0.4, 0.5) is 0 Å². The summed E-state index contributed by atoms with van der Waals surface area (Å²) >= 11 is 0. The van der Waals surface area contributed by atoms with Gasteiger partial charge in [-0.15, -0.1) is 0 Å². The van der Waals surface area contributed by atoms with E-state index in [-0.39, 0.29) is 0 Å². The first-order valence-corrected chi connectivity index (χ1v) is 6.59. The van der Waals surface area contributed by atoms with Crippen molar-refractivity contribution < 1.29 is 0 Å². The van der Waals surface area contributed by atoms with Crippen molar-refractivity contribution >= 4 is 0 Å². The predicted octanol–water partition coefficient (Wildman–Crippen LogP) is 2.28. The molecule has 3 rings (SSSR count). The molecule has 1 saturated heterocycles. The molecule has 0 saturated carbocycles. The molecule has 1 aromatic heterocycles. The average Bonchev–Trinajstić information content (AvgIpc) is 2.86. The van der Waals surface area contributed by atoms with Crippen LogP contribution < -0.4 is 5.32 Å². The number of benzene rings is 1. The van der Waals surface area contributed by atoms with Gasteiger partial charge in [0.25, 0.3) is 0 Å². The zero-order chi connectivity index (χ0) is 12.4. The monoisotopic (exact) mass is 241 g/mol. The van der Waals surface area contributed by atoms with Crippen molar-refractivity contribution in [3.05, 3.63) is 53.9 Å². The maximum Gasteiger partial charge on any atom is 0.0524 e. The quantitative estimate of drug-likeness (QED) is 0.874. The van der Waals surface area contributed by atoms with Crippen LogP contribution in [0.1, 0.15) is 29.4 Å². The predicted molar refractivity (Wildman–Crippen MR) is 72.6 cm³/mol. The molecule has 0 bridgehead atoms. The first-order chi connectivity index (χ1) is 8.84. The van der Waals surface area contributed by atoms with Crippen LogP contribution in [0.25, 0.3) is 0 Å². The Balaban J connectivity index is 1.91. The molecule has 1 aliphatic rings. The molecule has 2 aromatic rings. The maximum absolute atomic E-state index is 4.32. The van der Waals surface area contributed by atoms with Gasteiger partial charge >= 0.3 is 0 Å². The van der Waals surface area contributed by atoms with Crippen molar-refractivity contribution in [2.75, 3.05) is 13.1 Å². The van der Waals surface area contributed by atoms with Crippen LogP contribution in [0, 0.1) is 0 Å². The highest BCUT2D eigenvalue weighted by Crippen LogP contribution is 2.36. The van der Waals surface area contributed by atoms with Crippen molar-refractivity contribution in [3.63, 3.8) is 0 Å². The van der Waals surface area contributed by atoms with E-state index in [0.29, 0.717) is 11.8 Å². The van der Waals surface area contributed by atoms with Gasteiger partial charge < -0.3 is 5.32 Å². The SMILES string of the molecule is Cn1cc(C2CCNCC2c2ccccc2)cn1. The third-order valence-electron chi connectivity index (χ3n) is 3.86. The topological polar surface area (TPSA) is 29.9 Å². The smallest absolute Gasteiger partial charge is 0.0524 e. The van der Waals surface area contributed by atoms with Crippen LogP contribution in [-0.4, -0.2) is 22.9 Å². The molecule has 18 heavy (non-hydrogen) atoms. The minimum atomic E-state index is 0.559. The zero-order valence-electron chi connectivity index (χ0n) is 10.7. The summed E-state index contributed by atoms with van der Waals surface area (Å²) in [7, 11) is 1.99. The van der Waals surface area contributed by atoms with E-state index in [9.17, 15) is 0 Å². The lowest BCUT2D eigenvalue weighted by atomic mass is 9.78. The van der Waals surface area contributed by atoms with Crippen LogP contribution in [-0.2, 0) is 7.05 Å². The Kier molecular flexibility index (Phi) is 3.15. The van der Waals surface area contributed by atoms with Crippen LogP contribution in [0.2, 0.25) is 0 Å². The molecule has 94 valence electrons. The molecule has 3 heteroatoms. The molecule has 0 radical (unpaired) electrons. The summed E-state index contributed by atoms with van der Waals surface area (Å²) in [5, 5.41) is 7.83. The van der Waals surface area contributed by atoms with E-state index < -0.39 is 0 Å². The van der Waals surface area contributed by atoms with Crippen molar-refractivity contribution in [2.45, 2.75) is 18.3 Å². The van der Waals surface area contributed by atoms with Crippen molar-refractivity contribution in [1.29, 1.82) is 0 Å². The maximum atomic E-state index is 4.32. The summed E-state index contributed by atoms with van der Waals surface area (Å²) in [5.74, 6) is 1.14. The average molecular weight is 241 g/mol. The van der Waals surface area contributed by atoms with Gasteiger partial charge in [0.2, 0.25) is 0 Å². The van der Waals surface area contributed by atoms with Gasteiger partial charge in [-0.25, -0.2) is 0 Å². The summed E-state index contributed by atoms with van der Waals surface area (Å²) in [4.78, 5) is 0. The second-order valence-corrected chi connectivity index (χ2v) is 5.06. The van der Waals surface area contributed by atoms with Crippen LogP contribution >= 0.6 is 0 Å². The third-order valence-corrected chi connectivity index (χ3v) is 3.86. The number of nitrogens with zero attached hydrogens (tertiary/aromatic N) is 2. The lowest BCUT2D eigenvalue weighted by Crippen LogP contribution is -2.33. The first-order valence-electron chi connectivity index (χ1n) is 6.59. The molecule has 1 aromatic carbocycles. The molecule has 0 aliphatic carbocycles. The summed E-state index contributed by atoms with van der Waals surface area (Å²) < 4.78 is 1.90. The zero-order valence-corrected chi connectivity index (χ0v) is 10.7. The van der Waals surface area contributed by atoms with Gasteiger partial charge in [-0.05, 0) is 30.0 Å². The standard InChI is InChI=1S/C15H19N3/c1-18-11-13(9-17-18)14-7-8-16-10-15(14)12-5-3-2-4-6-12/h2-6,9,11,14-16H,7-8,10H2,1H3. The number of nitrogens with one attached hydrogen (secondary N) is 1. The Morgan fingerprint density at radius 3 is 2.72 bits per heavy atom. The molecule has 2 unspecified atom stereocenters.